The number of benzene rings is 1. The van der Waals surface area contributed by atoms with Gasteiger partial charge >= 0.3 is 0 Å². The Labute approximate surface area is 64.5 Å². The molecule has 0 radical (unpaired) electrons. The predicted molar refractivity (Wildman–Crippen MR) is 39.5 cm³/mol. The fourth-order valence-corrected chi connectivity index (χ4v) is 0.930. The van der Waals surface area contributed by atoms with Gasteiger partial charge in [0.15, 0.2) is 6.29 Å². The highest BCUT2D eigenvalue weighted by atomic mass is 16.5. The highest BCUT2D eigenvalue weighted by Crippen LogP contribution is 2.14. The summed E-state index contributed by atoms with van der Waals surface area (Å²) in [4.78, 5) is 0. The van der Waals surface area contributed by atoms with Crippen molar-refractivity contribution in [1.29, 1.82) is 0 Å². The van der Waals surface area contributed by atoms with E-state index in [1.807, 2.05) is 0 Å². The zero-order valence-corrected chi connectivity index (χ0v) is 5.94. The highest BCUT2D eigenvalue weighted by Gasteiger charge is 2.06. The van der Waals surface area contributed by atoms with Gasteiger partial charge in [0.05, 0.1) is 6.61 Å². The third-order valence-corrected chi connectivity index (χ3v) is 1.50. The van der Waals surface area contributed by atoms with Crippen LogP contribution in [-0.4, -0.2) is 15.3 Å². The molecule has 0 bridgehead atoms. The SMILES string of the molecule is OCc1ccccc1C(O)O. The molecule has 1 aromatic carbocycles. The van der Waals surface area contributed by atoms with E-state index in [9.17, 15) is 0 Å². The standard InChI is InChI=1S/C8H10O3/c9-5-6-3-1-2-4-7(6)8(10)11/h1-4,8-11H,5H2. The average Bonchev–Trinajstić information content (AvgIpc) is 2.04. The maximum atomic E-state index is 8.78. The molecule has 0 spiro atoms. The first kappa shape index (κ1) is 8.20. The molecule has 0 aliphatic heterocycles. The summed E-state index contributed by atoms with van der Waals surface area (Å²) >= 11 is 0. The van der Waals surface area contributed by atoms with Gasteiger partial charge in [-0.1, -0.05) is 24.3 Å². The largest absolute Gasteiger partial charge is 0.392 e. The molecule has 0 aromatic heterocycles. The Bertz CT molecular complexity index is 233. The van der Waals surface area contributed by atoms with Crippen LogP contribution in [0.1, 0.15) is 17.4 Å². The lowest BCUT2D eigenvalue weighted by Crippen LogP contribution is -1.99. The molecule has 60 valence electrons. The van der Waals surface area contributed by atoms with Gasteiger partial charge in [0.25, 0.3) is 0 Å². The molecule has 11 heavy (non-hydrogen) atoms. The van der Waals surface area contributed by atoms with Crippen molar-refractivity contribution >= 4 is 0 Å². The smallest absolute Gasteiger partial charge is 0.178 e. The molecule has 3 nitrogen and oxygen atoms in total. The van der Waals surface area contributed by atoms with Crippen molar-refractivity contribution in [3.8, 4) is 0 Å². The molecule has 1 rings (SSSR count). The second-order valence-electron chi connectivity index (χ2n) is 2.23. The van der Waals surface area contributed by atoms with Gasteiger partial charge in [-0.05, 0) is 5.56 Å². The topological polar surface area (TPSA) is 60.7 Å². The lowest BCUT2D eigenvalue weighted by Gasteiger charge is -2.07. The van der Waals surface area contributed by atoms with Gasteiger partial charge in [0.1, 0.15) is 0 Å². The van der Waals surface area contributed by atoms with Crippen LogP contribution in [0.5, 0.6) is 0 Å². The maximum absolute atomic E-state index is 8.78. The molecule has 0 saturated carbocycles. The van der Waals surface area contributed by atoms with E-state index in [-0.39, 0.29) is 6.61 Å². The van der Waals surface area contributed by atoms with Crippen LogP contribution in [0.3, 0.4) is 0 Å². The van der Waals surface area contributed by atoms with E-state index >= 15 is 0 Å². The van der Waals surface area contributed by atoms with Gasteiger partial charge in [-0.3, -0.25) is 0 Å². The molecule has 3 heteroatoms. The number of hydrogen-bond acceptors (Lipinski definition) is 3. The van der Waals surface area contributed by atoms with E-state index in [1.54, 1.807) is 24.3 Å². The molecular formula is C8H10O3. The van der Waals surface area contributed by atoms with Crippen molar-refractivity contribution in [3.05, 3.63) is 35.4 Å². The fourth-order valence-electron chi connectivity index (χ4n) is 0.930. The second kappa shape index (κ2) is 3.48. The number of rotatable bonds is 2. The van der Waals surface area contributed by atoms with Crippen LogP contribution in [0.25, 0.3) is 0 Å². The highest BCUT2D eigenvalue weighted by molar-refractivity contribution is 5.26. The molecule has 0 aliphatic carbocycles. The van der Waals surface area contributed by atoms with Gasteiger partial charge in [0.2, 0.25) is 0 Å². The van der Waals surface area contributed by atoms with E-state index in [0.29, 0.717) is 11.1 Å². The zero-order valence-electron chi connectivity index (χ0n) is 5.94. The van der Waals surface area contributed by atoms with Crippen LogP contribution >= 0.6 is 0 Å². The summed E-state index contributed by atoms with van der Waals surface area (Å²) in [5.74, 6) is 0. The lowest BCUT2D eigenvalue weighted by molar-refractivity contribution is -0.0437. The predicted octanol–water partition coefficient (Wildman–Crippen LogP) is 0.162. The Morgan fingerprint density at radius 2 is 1.82 bits per heavy atom. The van der Waals surface area contributed by atoms with Crippen molar-refractivity contribution in [3.63, 3.8) is 0 Å². The van der Waals surface area contributed by atoms with Crippen LogP contribution in [0.4, 0.5) is 0 Å². The van der Waals surface area contributed by atoms with Crippen LogP contribution in [-0.2, 0) is 6.61 Å². The summed E-state index contributed by atoms with van der Waals surface area (Å²) in [6.07, 6.45) is -1.50. The Morgan fingerprint density at radius 1 is 1.18 bits per heavy atom. The molecule has 3 N–H and O–H groups in total. The van der Waals surface area contributed by atoms with E-state index in [0.717, 1.165) is 0 Å². The quantitative estimate of drug-likeness (QED) is 0.532. The lowest BCUT2D eigenvalue weighted by atomic mass is 10.1. The first-order valence-corrected chi connectivity index (χ1v) is 3.30. The molecule has 0 amide bonds. The maximum Gasteiger partial charge on any atom is 0.178 e. The molecule has 0 unspecified atom stereocenters. The summed E-state index contributed by atoms with van der Waals surface area (Å²) in [5, 5.41) is 26.3. The first-order valence-electron chi connectivity index (χ1n) is 3.30. The number of hydrogen-bond donors (Lipinski definition) is 3. The summed E-state index contributed by atoms with van der Waals surface area (Å²) in [7, 11) is 0. The molecule has 0 atom stereocenters. The summed E-state index contributed by atoms with van der Waals surface area (Å²) < 4.78 is 0. The van der Waals surface area contributed by atoms with E-state index in [2.05, 4.69) is 0 Å². The molecule has 0 fully saturated rings. The molecular weight excluding hydrogens is 144 g/mol. The average molecular weight is 154 g/mol. The Kier molecular flexibility index (Phi) is 2.59. The Balaban J connectivity index is 3.02. The van der Waals surface area contributed by atoms with E-state index in [1.165, 1.54) is 0 Å². The van der Waals surface area contributed by atoms with Crippen LogP contribution in [0.15, 0.2) is 24.3 Å². The molecule has 0 saturated heterocycles. The van der Waals surface area contributed by atoms with Crippen molar-refractivity contribution in [2.45, 2.75) is 12.9 Å². The van der Waals surface area contributed by atoms with Crippen LogP contribution < -0.4 is 0 Å². The third kappa shape index (κ3) is 1.77. The van der Waals surface area contributed by atoms with E-state index < -0.39 is 6.29 Å². The Morgan fingerprint density at radius 3 is 2.27 bits per heavy atom. The van der Waals surface area contributed by atoms with Gasteiger partial charge in [-0.25, -0.2) is 0 Å². The van der Waals surface area contributed by atoms with Crippen LogP contribution in [0, 0.1) is 0 Å². The number of aliphatic hydroxyl groups is 3. The molecule has 0 heterocycles. The summed E-state index contributed by atoms with van der Waals surface area (Å²) in [6, 6.07) is 6.64. The second-order valence-corrected chi connectivity index (χ2v) is 2.23. The molecule has 0 aliphatic rings. The van der Waals surface area contributed by atoms with Gasteiger partial charge in [0, 0.05) is 5.56 Å². The van der Waals surface area contributed by atoms with Crippen LogP contribution in [0.2, 0.25) is 0 Å². The Hall–Kier alpha value is -0.900. The summed E-state index contributed by atoms with van der Waals surface area (Å²) in [5.41, 5.74) is 0.900. The van der Waals surface area contributed by atoms with Crippen molar-refractivity contribution in [1.82, 2.24) is 0 Å². The molecule has 1 aromatic rings. The normalized spacial score (nSPS) is 10.5. The first-order chi connectivity index (χ1) is 5.25. The fraction of sp³-hybridized carbons (Fsp3) is 0.250. The van der Waals surface area contributed by atoms with Gasteiger partial charge < -0.3 is 15.3 Å². The van der Waals surface area contributed by atoms with Gasteiger partial charge in [-0.2, -0.15) is 0 Å². The van der Waals surface area contributed by atoms with Crippen molar-refractivity contribution in [2.24, 2.45) is 0 Å². The van der Waals surface area contributed by atoms with Crippen molar-refractivity contribution in [2.75, 3.05) is 0 Å². The zero-order chi connectivity index (χ0) is 8.27. The van der Waals surface area contributed by atoms with Gasteiger partial charge in [-0.15, -0.1) is 0 Å². The number of aliphatic hydroxyl groups excluding tert-OH is 2. The minimum Gasteiger partial charge on any atom is -0.392 e. The monoisotopic (exact) mass is 154 g/mol. The summed E-state index contributed by atoms with van der Waals surface area (Å²) in [6.45, 7) is -0.173. The third-order valence-electron chi connectivity index (χ3n) is 1.50. The minimum atomic E-state index is -1.50. The minimum absolute atomic E-state index is 0.173. The van der Waals surface area contributed by atoms with Crippen molar-refractivity contribution < 1.29 is 15.3 Å². The van der Waals surface area contributed by atoms with E-state index in [4.69, 9.17) is 15.3 Å².